The molecule has 0 aliphatic rings. The molecule has 0 atom stereocenters. The van der Waals surface area contributed by atoms with Crippen LogP contribution >= 0.6 is 15.9 Å². The second-order valence-corrected chi connectivity index (χ2v) is 8.59. The van der Waals surface area contributed by atoms with Crippen LogP contribution in [0.3, 0.4) is 0 Å². The zero-order valence-corrected chi connectivity index (χ0v) is 18.4. The van der Waals surface area contributed by atoms with Crippen molar-refractivity contribution in [2.75, 3.05) is 25.0 Å². The molecular weight excluding hydrogens is 462 g/mol. The molecule has 0 unspecified atom stereocenters. The zero-order chi connectivity index (χ0) is 21.4. The SMILES string of the molecule is CCOc1ccc(Br)cc1S(=O)(=O)NCCNC(=O)c1ccc(NC(C)=O)cc1. The van der Waals surface area contributed by atoms with Crippen molar-refractivity contribution in [1.82, 2.24) is 10.0 Å². The maximum atomic E-state index is 12.6. The summed E-state index contributed by atoms with van der Waals surface area (Å²) in [7, 11) is -3.81. The van der Waals surface area contributed by atoms with Crippen LogP contribution in [0.15, 0.2) is 51.8 Å². The molecule has 0 aliphatic heterocycles. The smallest absolute Gasteiger partial charge is 0.251 e. The molecule has 10 heteroatoms. The van der Waals surface area contributed by atoms with Gasteiger partial charge in [0.1, 0.15) is 10.6 Å². The highest BCUT2D eigenvalue weighted by atomic mass is 79.9. The number of nitrogens with one attached hydrogen (secondary N) is 3. The van der Waals surface area contributed by atoms with Crippen molar-refractivity contribution in [3.05, 3.63) is 52.5 Å². The van der Waals surface area contributed by atoms with E-state index in [0.717, 1.165) is 0 Å². The lowest BCUT2D eigenvalue weighted by Crippen LogP contribution is -2.34. The summed E-state index contributed by atoms with van der Waals surface area (Å²) in [5.74, 6) is -0.296. The van der Waals surface area contributed by atoms with E-state index in [1.807, 2.05) is 0 Å². The van der Waals surface area contributed by atoms with Crippen LogP contribution in [-0.2, 0) is 14.8 Å². The lowest BCUT2D eigenvalue weighted by Gasteiger charge is -2.13. The Labute approximate surface area is 178 Å². The first-order chi connectivity index (χ1) is 13.7. The van der Waals surface area contributed by atoms with Crippen LogP contribution in [0.25, 0.3) is 0 Å². The Balaban J connectivity index is 1.92. The quantitative estimate of drug-likeness (QED) is 0.474. The number of rotatable bonds is 9. The van der Waals surface area contributed by atoms with Crippen molar-refractivity contribution >= 4 is 43.5 Å². The summed E-state index contributed by atoms with van der Waals surface area (Å²) in [6.45, 7) is 3.61. The van der Waals surface area contributed by atoms with Gasteiger partial charge in [-0.05, 0) is 49.4 Å². The average molecular weight is 484 g/mol. The second kappa shape index (κ2) is 10.4. The molecule has 2 aromatic rings. The average Bonchev–Trinajstić information content (AvgIpc) is 2.66. The molecule has 29 heavy (non-hydrogen) atoms. The lowest BCUT2D eigenvalue weighted by atomic mass is 10.2. The van der Waals surface area contributed by atoms with Crippen LogP contribution < -0.4 is 20.1 Å². The van der Waals surface area contributed by atoms with Crippen molar-refractivity contribution in [2.45, 2.75) is 18.7 Å². The van der Waals surface area contributed by atoms with E-state index in [0.29, 0.717) is 22.3 Å². The van der Waals surface area contributed by atoms with Crippen LogP contribution in [-0.4, -0.2) is 39.9 Å². The fraction of sp³-hybridized carbons (Fsp3) is 0.263. The van der Waals surface area contributed by atoms with Crippen LogP contribution in [0.5, 0.6) is 5.75 Å². The summed E-state index contributed by atoms with van der Waals surface area (Å²) >= 11 is 3.26. The molecule has 2 aromatic carbocycles. The molecule has 156 valence electrons. The number of hydrogen-bond acceptors (Lipinski definition) is 5. The Bertz CT molecular complexity index is 978. The molecular formula is C19H22BrN3O5S. The third kappa shape index (κ3) is 6.84. The van der Waals surface area contributed by atoms with Gasteiger partial charge in [0.15, 0.2) is 0 Å². The summed E-state index contributed by atoms with van der Waals surface area (Å²) < 4.78 is 33.6. The Morgan fingerprint density at radius 2 is 1.76 bits per heavy atom. The van der Waals surface area contributed by atoms with Crippen LogP contribution in [0.2, 0.25) is 0 Å². The molecule has 0 aromatic heterocycles. The standard InChI is InChI=1S/C19H22BrN3O5S/c1-3-28-17-9-6-15(20)12-18(17)29(26,27)22-11-10-21-19(25)14-4-7-16(8-5-14)23-13(2)24/h4-9,12,22H,3,10-11H2,1-2H3,(H,21,25)(H,23,24). The number of benzene rings is 2. The molecule has 2 rings (SSSR count). The summed E-state index contributed by atoms with van der Waals surface area (Å²) in [5, 5.41) is 5.25. The van der Waals surface area contributed by atoms with Crippen molar-refractivity contribution in [3.63, 3.8) is 0 Å². The lowest BCUT2D eigenvalue weighted by molar-refractivity contribution is -0.114. The van der Waals surface area contributed by atoms with Gasteiger partial charge in [-0.3, -0.25) is 9.59 Å². The van der Waals surface area contributed by atoms with E-state index in [2.05, 4.69) is 31.3 Å². The number of anilines is 1. The first-order valence-corrected chi connectivity index (χ1v) is 11.1. The van der Waals surface area contributed by atoms with Crippen molar-refractivity contribution in [2.24, 2.45) is 0 Å². The van der Waals surface area contributed by atoms with Gasteiger partial charge in [-0.25, -0.2) is 13.1 Å². The van der Waals surface area contributed by atoms with Gasteiger partial charge in [0.25, 0.3) is 5.91 Å². The summed E-state index contributed by atoms with van der Waals surface area (Å²) in [5.41, 5.74) is 0.980. The van der Waals surface area contributed by atoms with Crippen molar-refractivity contribution < 1.29 is 22.7 Å². The van der Waals surface area contributed by atoms with E-state index in [4.69, 9.17) is 4.74 Å². The predicted octanol–water partition coefficient (Wildman–Crippen LogP) is 2.51. The fourth-order valence-corrected chi connectivity index (χ4v) is 4.13. The molecule has 2 amide bonds. The maximum absolute atomic E-state index is 12.6. The van der Waals surface area contributed by atoms with E-state index in [1.54, 1.807) is 43.3 Å². The van der Waals surface area contributed by atoms with Gasteiger partial charge in [0.05, 0.1) is 6.61 Å². The van der Waals surface area contributed by atoms with Crippen LogP contribution in [0.1, 0.15) is 24.2 Å². The number of ether oxygens (including phenoxy) is 1. The van der Waals surface area contributed by atoms with Gasteiger partial charge >= 0.3 is 0 Å². The molecule has 0 fully saturated rings. The first kappa shape index (κ1) is 22.9. The minimum Gasteiger partial charge on any atom is -0.492 e. The molecule has 0 aliphatic carbocycles. The predicted molar refractivity (Wildman–Crippen MR) is 114 cm³/mol. The van der Waals surface area contributed by atoms with Crippen molar-refractivity contribution in [3.8, 4) is 5.75 Å². The number of carbonyl (C=O) groups excluding carboxylic acids is 2. The molecule has 0 bridgehead atoms. The normalized spacial score (nSPS) is 11.0. The van der Waals surface area contributed by atoms with Crippen LogP contribution in [0, 0.1) is 0 Å². The topological polar surface area (TPSA) is 114 Å². The first-order valence-electron chi connectivity index (χ1n) is 8.81. The van der Waals surface area contributed by atoms with E-state index in [-0.39, 0.29) is 35.5 Å². The highest BCUT2D eigenvalue weighted by molar-refractivity contribution is 9.10. The van der Waals surface area contributed by atoms with E-state index >= 15 is 0 Å². The third-order valence-corrected chi connectivity index (χ3v) is 5.64. The second-order valence-electron chi connectivity index (χ2n) is 5.94. The molecule has 0 heterocycles. The Kier molecular flexibility index (Phi) is 8.18. The van der Waals surface area contributed by atoms with Gasteiger partial charge in [-0.2, -0.15) is 0 Å². The largest absolute Gasteiger partial charge is 0.492 e. The summed E-state index contributed by atoms with van der Waals surface area (Å²) in [4.78, 5) is 23.2. The van der Waals surface area contributed by atoms with Gasteiger partial charge in [-0.1, -0.05) is 15.9 Å². The number of carbonyl (C=O) groups is 2. The summed E-state index contributed by atoms with van der Waals surface area (Å²) in [6.07, 6.45) is 0. The Morgan fingerprint density at radius 3 is 2.38 bits per heavy atom. The summed E-state index contributed by atoms with van der Waals surface area (Å²) in [6, 6.07) is 11.1. The van der Waals surface area contributed by atoms with Crippen LogP contribution in [0.4, 0.5) is 5.69 Å². The van der Waals surface area contributed by atoms with Gasteiger partial charge < -0.3 is 15.4 Å². The van der Waals surface area contributed by atoms with E-state index in [9.17, 15) is 18.0 Å². The highest BCUT2D eigenvalue weighted by Crippen LogP contribution is 2.27. The minimum absolute atomic E-state index is 0.0100. The molecule has 8 nitrogen and oxygen atoms in total. The maximum Gasteiger partial charge on any atom is 0.251 e. The Hall–Kier alpha value is -2.43. The minimum atomic E-state index is -3.81. The number of amides is 2. The molecule has 3 N–H and O–H groups in total. The van der Waals surface area contributed by atoms with E-state index in [1.165, 1.54) is 13.0 Å². The Morgan fingerprint density at radius 1 is 1.07 bits per heavy atom. The van der Waals surface area contributed by atoms with Gasteiger partial charge in [-0.15, -0.1) is 0 Å². The van der Waals surface area contributed by atoms with Gasteiger partial charge in [0, 0.05) is 35.7 Å². The van der Waals surface area contributed by atoms with Gasteiger partial charge in [0.2, 0.25) is 15.9 Å². The number of halogens is 1. The fourth-order valence-electron chi connectivity index (χ4n) is 2.42. The third-order valence-electron chi connectivity index (χ3n) is 3.67. The zero-order valence-electron chi connectivity index (χ0n) is 16.0. The monoisotopic (exact) mass is 483 g/mol. The molecule has 0 radical (unpaired) electrons. The van der Waals surface area contributed by atoms with E-state index < -0.39 is 10.0 Å². The number of sulfonamides is 1. The highest BCUT2D eigenvalue weighted by Gasteiger charge is 2.20. The molecule has 0 saturated heterocycles. The molecule has 0 spiro atoms. The molecule has 0 saturated carbocycles. The number of hydrogen-bond donors (Lipinski definition) is 3. The van der Waals surface area contributed by atoms with Crippen molar-refractivity contribution in [1.29, 1.82) is 0 Å².